The average Bonchev–Trinajstić information content (AvgIpc) is 3.19. The topological polar surface area (TPSA) is 90.3 Å². The van der Waals surface area contributed by atoms with Gasteiger partial charge in [0.2, 0.25) is 0 Å². The summed E-state index contributed by atoms with van der Waals surface area (Å²) < 4.78 is 36.2. The lowest BCUT2D eigenvalue weighted by Crippen LogP contribution is -2.29. The van der Waals surface area contributed by atoms with Gasteiger partial charge in [0, 0.05) is 6.54 Å². The molecule has 2 aromatic rings. The predicted molar refractivity (Wildman–Crippen MR) is 96.8 cm³/mol. The van der Waals surface area contributed by atoms with Crippen LogP contribution < -0.4 is 20.1 Å². The third kappa shape index (κ3) is 5.16. The molecule has 0 radical (unpaired) electrons. The Hall–Kier alpha value is -2.75. The highest BCUT2D eigenvalue weighted by atomic mass is 19.3. The molecule has 8 nitrogen and oxygen atoms in total. The Kier molecular flexibility index (Phi) is 6.75. The summed E-state index contributed by atoms with van der Waals surface area (Å²) in [5.41, 5.74) is 0.991. The number of nitrogens with one attached hydrogen (secondary N) is 2. The molecule has 1 aromatic heterocycles. The van der Waals surface area contributed by atoms with Crippen LogP contribution in [0, 0.1) is 0 Å². The Bertz CT molecular complexity index is 793. The number of hydrogen-bond donors (Lipinski definition) is 2. The van der Waals surface area contributed by atoms with Gasteiger partial charge < -0.3 is 20.1 Å². The number of amides is 1. The Labute approximate surface area is 161 Å². The number of rotatable bonds is 8. The number of carbonyl (C=O) groups excluding carboxylic acids is 1. The van der Waals surface area contributed by atoms with E-state index < -0.39 is 6.61 Å². The van der Waals surface area contributed by atoms with E-state index in [9.17, 15) is 13.6 Å². The number of hydrogen-bond acceptors (Lipinski definition) is 6. The molecule has 152 valence electrons. The van der Waals surface area contributed by atoms with Gasteiger partial charge in [-0.05, 0) is 50.0 Å². The summed E-state index contributed by atoms with van der Waals surface area (Å²) in [6.07, 6.45) is 4.00. The van der Waals surface area contributed by atoms with Crippen LogP contribution in [0.4, 0.5) is 8.78 Å². The fourth-order valence-corrected chi connectivity index (χ4v) is 3.11. The van der Waals surface area contributed by atoms with Gasteiger partial charge in [-0.25, -0.2) is 4.68 Å². The van der Waals surface area contributed by atoms with Gasteiger partial charge in [0.25, 0.3) is 5.91 Å². The maximum atomic E-state index is 12.5. The normalized spacial score (nSPS) is 14.9. The zero-order valence-corrected chi connectivity index (χ0v) is 15.5. The first kappa shape index (κ1) is 20.0. The van der Waals surface area contributed by atoms with Gasteiger partial charge in [0.1, 0.15) is 0 Å². The molecule has 1 aromatic carbocycles. The second-order valence-electron chi connectivity index (χ2n) is 6.43. The quantitative estimate of drug-likeness (QED) is 0.708. The smallest absolute Gasteiger partial charge is 0.387 e. The van der Waals surface area contributed by atoms with Crippen LogP contribution in [0.2, 0.25) is 0 Å². The highest BCUT2D eigenvalue weighted by Crippen LogP contribution is 2.29. The van der Waals surface area contributed by atoms with Crippen molar-refractivity contribution in [3.63, 3.8) is 0 Å². The largest absolute Gasteiger partial charge is 0.493 e. The lowest BCUT2D eigenvalue weighted by molar-refractivity contribution is -0.0512. The van der Waals surface area contributed by atoms with Crippen molar-refractivity contribution in [2.75, 3.05) is 26.7 Å². The van der Waals surface area contributed by atoms with E-state index in [2.05, 4.69) is 25.7 Å². The van der Waals surface area contributed by atoms with E-state index in [1.165, 1.54) is 13.2 Å². The number of nitrogens with zero attached hydrogens (tertiary/aromatic N) is 3. The number of benzene rings is 1. The van der Waals surface area contributed by atoms with Crippen molar-refractivity contribution in [3.8, 4) is 11.5 Å². The number of aromatic nitrogens is 3. The van der Waals surface area contributed by atoms with Gasteiger partial charge in [0.05, 0.1) is 19.3 Å². The second kappa shape index (κ2) is 9.45. The molecule has 2 N–H and O–H groups in total. The molecule has 0 atom stereocenters. The molecule has 0 unspecified atom stereocenters. The van der Waals surface area contributed by atoms with Crippen LogP contribution in [0.25, 0.3) is 0 Å². The number of methoxy groups -OCH3 is 1. The van der Waals surface area contributed by atoms with Crippen molar-refractivity contribution in [2.24, 2.45) is 0 Å². The van der Waals surface area contributed by atoms with Crippen LogP contribution in [0.15, 0.2) is 24.4 Å². The van der Waals surface area contributed by atoms with Crippen LogP contribution in [0.5, 0.6) is 11.5 Å². The molecule has 10 heteroatoms. The van der Waals surface area contributed by atoms with Crippen LogP contribution in [0.1, 0.15) is 34.9 Å². The van der Waals surface area contributed by atoms with Gasteiger partial charge in [-0.1, -0.05) is 11.3 Å². The summed E-state index contributed by atoms with van der Waals surface area (Å²) in [5.74, 6) is -0.133. The maximum absolute atomic E-state index is 12.5. The third-order valence-corrected chi connectivity index (χ3v) is 4.57. The molecule has 28 heavy (non-hydrogen) atoms. The Morgan fingerprint density at radius 3 is 2.86 bits per heavy atom. The fourth-order valence-electron chi connectivity index (χ4n) is 3.11. The summed E-state index contributed by atoms with van der Waals surface area (Å²) in [6, 6.07) is 5.02. The molecule has 0 aliphatic carbocycles. The van der Waals surface area contributed by atoms with Crippen molar-refractivity contribution >= 4 is 5.91 Å². The summed E-state index contributed by atoms with van der Waals surface area (Å²) in [4.78, 5) is 12.3. The molecule has 1 amide bonds. The minimum Gasteiger partial charge on any atom is -0.493 e. The summed E-state index contributed by atoms with van der Waals surface area (Å²) >= 11 is 0. The van der Waals surface area contributed by atoms with Crippen molar-refractivity contribution in [2.45, 2.75) is 31.9 Å². The maximum Gasteiger partial charge on any atom is 0.387 e. The van der Waals surface area contributed by atoms with E-state index in [4.69, 9.17) is 4.74 Å². The van der Waals surface area contributed by atoms with E-state index in [-0.39, 0.29) is 29.1 Å². The number of alkyl halides is 2. The minimum atomic E-state index is -2.94. The lowest BCUT2D eigenvalue weighted by atomic mass is 10.1. The fraction of sp³-hybridized carbons (Fsp3) is 0.500. The molecule has 1 aliphatic heterocycles. The van der Waals surface area contributed by atoms with E-state index in [0.717, 1.165) is 31.5 Å². The van der Waals surface area contributed by atoms with Crippen LogP contribution in [-0.2, 0) is 6.42 Å². The molecule has 2 heterocycles. The van der Waals surface area contributed by atoms with Crippen molar-refractivity contribution in [3.05, 3.63) is 35.7 Å². The molecular weight excluding hydrogens is 372 g/mol. The zero-order valence-electron chi connectivity index (χ0n) is 15.5. The lowest BCUT2D eigenvalue weighted by Gasteiger charge is -2.22. The summed E-state index contributed by atoms with van der Waals surface area (Å²) in [7, 11) is 1.38. The molecule has 0 spiro atoms. The van der Waals surface area contributed by atoms with Gasteiger partial charge >= 0.3 is 6.61 Å². The zero-order chi connectivity index (χ0) is 19.9. The first-order valence-electron chi connectivity index (χ1n) is 9.09. The van der Waals surface area contributed by atoms with Crippen LogP contribution in [-0.4, -0.2) is 54.3 Å². The molecule has 1 aliphatic rings. The van der Waals surface area contributed by atoms with Crippen LogP contribution >= 0.6 is 0 Å². The molecule has 0 saturated carbocycles. The van der Waals surface area contributed by atoms with Crippen molar-refractivity contribution in [1.82, 2.24) is 25.6 Å². The summed E-state index contributed by atoms with van der Waals surface area (Å²) in [5, 5.41) is 14.1. The van der Waals surface area contributed by atoms with E-state index in [1.54, 1.807) is 23.0 Å². The average molecular weight is 395 g/mol. The first-order valence-corrected chi connectivity index (χ1v) is 9.09. The standard InChI is InChI=1S/C18H23F2N5O3/c1-27-15-3-2-12(10-16(15)28-18(19)20)4-9-22-17(26)14-11-25(24-23-14)13-5-7-21-8-6-13/h2-3,10-11,13,18,21H,4-9H2,1H3,(H,22,26). The summed E-state index contributed by atoms with van der Waals surface area (Å²) in [6.45, 7) is -0.776. The van der Waals surface area contributed by atoms with E-state index >= 15 is 0 Å². The number of ether oxygens (including phenoxy) is 2. The van der Waals surface area contributed by atoms with Crippen LogP contribution in [0.3, 0.4) is 0 Å². The number of halogens is 2. The molecule has 3 rings (SSSR count). The van der Waals surface area contributed by atoms with Gasteiger partial charge in [0.15, 0.2) is 17.2 Å². The predicted octanol–water partition coefficient (Wildman–Crippen LogP) is 1.79. The number of carbonyl (C=O) groups is 1. The van der Waals surface area contributed by atoms with Crippen molar-refractivity contribution in [1.29, 1.82) is 0 Å². The highest BCUT2D eigenvalue weighted by Gasteiger charge is 2.18. The Balaban J connectivity index is 1.53. The molecule has 1 fully saturated rings. The SMILES string of the molecule is COc1ccc(CCNC(=O)c2cn(C3CCNCC3)nn2)cc1OC(F)F. The van der Waals surface area contributed by atoms with Crippen molar-refractivity contribution < 1.29 is 23.0 Å². The second-order valence-corrected chi connectivity index (χ2v) is 6.43. The first-order chi connectivity index (χ1) is 13.6. The van der Waals surface area contributed by atoms with Gasteiger partial charge in [-0.2, -0.15) is 8.78 Å². The van der Waals surface area contributed by atoms with E-state index in [0.29, 0.717) is 13.0 Å². The Morgan fingerprint density at radius 1 is 1.36 bits per heavy atom. The van der Waals surface area contributed by atoms with Gasteiger partial charge in [-0.3, -0.25) is 4.79 Å². The molecule has 0 bridgehead atoms. The third-order valence-electron chi connectivity index (χ3n) is 4.57. The van der Waals surface area contributed by atoms with E-state index in [1.807, 2.05) is 0 Å². The molecule has 1 saturated heterocycles. The minimum absolute atomic E-state index is 0.0359. The highest BCUT2D eigenvalue weighted by molar-refractivity contribution is 5.91. The molecular formula is C18H23F2N5O3. The van der Waals surface area contributed by atoms with Gasteiger partial charge in [-0.15, -0.1) is 5.10 Å². The Morgan fingerprint density at radius 2 is 2.14 bits per heavy atom. The monoisotopic (exact) mass is 395 g/mol. The number of piperidine rings is 1.